The molecule has 0 fully saturated rings. The highest BCUT2D eigenvalue weighted by Gasteiger charge is 2.06. The fourth-order valence-electron chi connectivity index (χ4n) is 1.70. The van der Waals surface area contributed by atoms with Crippen LogP contribution in [0.1, 0.15) is 48.5 Å². The summed E-state index contributed by atoms with van der Waals surface area (Å²) in [6.07, 6.45) is 5.39. The van der Waals surface area contributed by atoms with Crippen LogP contribution in [-0.4, -0.2) is 16.2 Å². The van der Waals surface area contributed by atoms with E-state index in [2.05, 4.69) is 6.92 Å². The SMILES string of the molecule is CCCCCCc1cc(O)cc(C(=O)O)c1. The van der Waals surface area contributed by atoms with Gasteiger partial charge in [0.15, 0.2) is 0 Å². The van der Waals surface area contributed by atoms with Crippen LogP contribution in [-0.2, 0) is 6.42 Å². The van der Waals surface area contributed by atoms with Gasteiger partial charge in [-0.2, -0.15) is 0 Å². The number of phenolic OH excluding ortho intramolecular Hbond substituents is 1. The molecule has 0 unspecified atom stereocenters. The van der Waals surface area contributed by atoms with Gasteiger partial charge in [0.05, 0.1) is 5.56 Å². The van der Waals surface area contributed by atoms with E-state index < -0.39 is 5.97 Å². The number of carboxylic acid groups (broad SMARTS) is 1. The van der Waals surface area contributed by atoms with Gasteiger partial charge in [-0.1, -0.05) is 26.2 Å². The summed E-state index contributed by atoms with van der Waals surface area (Å²) in [5, 5.41) is 18.2. The molecule has 88 valence electrons. The van der Waals surface area contributed by atoms with Crippen LogP contribution in [0.25, 0.3) is 0 Å². The van der Waals surface area contributed by atoms with Gasteiger partial charge in [0.1, 0.15) is 5.75 Å². The lowest BCUT2D eigenvalue weighted by atomic mass is 10.0. The molecular weight excluding hydrogens is 204 g/mol. The Bertz CT molecular complexity index is 358. The van der Waals surface area contributed by atoms with E-state index in [0.29, 0.717) is 0 Å². The first kappa shape index (κ1) is 12.6. The number of aromatic carboxylic acids is 1. The highest BCUT2D eigenvalue weighted by molar-refractivity contribution is 5.88. The first-order valence-corrected chi connectivity index (χ1v) is 5.69. The van der Waals surface area contributed by atoms with Crippen LogP contribution in [0.15, 0.2) is 18.2 Å². The van der Waals surface area contributed by atoms with Gasteiger partial charge in [-0.25, -0.2) is 4.79 Å². The summed E-state index contributed by atoms with van der Waals surface area (Å²) in [5.74, 6) is -0.962. The molecule has 2 N–H and O–H groups in total. The molecule has 16 heavy (non-hydrogen) atoms. The molecule has 1 rings (SSSR count). The Balaban J connectivity index is 2.62. The van der Waals surface area contributed by atoms with Crippen LogP contribution in [0, 0.1) is 0 Å². The van der Waals surface area contributed by atoms with E-state index in [0.717, 1.165) is 24.8 Å². The second-order valence-corrected chi connectivity index (χ2v) is 4.00. The Hall–Kier alpha value is -1.51. The number of hydrogen-bond acceptors (Lipinski definition) is 2. The fourth-order valence-corrected chi connectivity index (χ4v) is 1.70. The van der Waals surface area contributed by atoms with Crippen LogP contribution in [0.5, 0.6) is 5.75 Å². The number of phenols is 1. The minimum absolute atomic E-state index is 0.0328. The number of carbonyl (C=O) groups is 1. The predicted molar refractivity (Wildman–Crippen MR) is 62.9 cm³/mol. The van der Waals surface area contributed by atoms with Gasteiger partial charge in [-0.15, -0.1) is 0 Å². The van der Waals surface area contributed by atoms with Crippen LogP contribution in [0.2, 0.25) is 0 Å². The summed E-state index contributed by atoms with van der Waals surface area (Å²) in [7, 11) is 0. The summed E-state index contributed by atoms with van der Waals surface area (Å²) in [6, 6.07) is 4.55. The first-order chi connectivity index (χ1) is 7.63. The number of rotatable bonds is 6. The van der Waals surface area contributed by atoms with E-state index in [4.69, 9.17) is 5.11 Å². The van der Waals surface area contributed by atoms with Crippen LogP contribution in [0.4, 0.5) is 0 Å². The second kappa shape index (κ2) is 6.16. The maximum Gasteiger partial charge on any atom is 0.335 e. The Kier molecular flexibility index (Phi) is 4.83. The molecule has 0 aromatic heterocycles. The number of unbranched alkanes of at least 4 members (excludes halogenated alkanes) is 3. The summed E-state index contributed by atoms with van der Waals surface area (Å²) >= 11 is 0. The van der Waals surface area contributed by atoms with Crippen molar-refractivity contribution in [1.82, 2.24) is 0 Å². The number of benzene rings is 1. The highest BCUT2D eigenvalue weighted by Crippen LogP contribution is 2.18. The molecule has 0 heterocycles. The third kappa shape index (κ3) is 3.93. The maximum absolute atomic E-state index is 10.8. The Morgan fingerprint density at radius 2 is 1.94 bits per heavy atom. The second-order valence-electron chi connectivity index (χ2n) is 4.00. The van der Waals surface area contributed by atoms with Crippen LogP contribution in [0.3, 0.4) is 0 Å². The number of hydrogen-bond donors (Lipinski definition) is 2. The molecule has 0 amide bonds. The average molecular weight is 222 g/mol. The Labute approximate surface area is 95.7 Å². The highest BCUT2D eigenvalue weighted by atomic mass is 16.4. The molecule has 0 aliphatic heterocycles. The molecule has 3 nitrogen and oxygen atoms in total. The topological polar surface area (TPSA) is 57.5 Å². The van der Waals surface area contributed by atoms with E-state index in [1.165, 1.54) is 18.9 Å². The van der Waals surface area contributed by atoms with Gasteiger partial charge in [0, 0.05) is 0 Å². The Morgan fingerprint density at radius 1 is 1.19 bits per heavy atom. The standard InChI is InChI=1S/C13H18O3/c1-2-3-4-5-6-10-7-11(13(15)16)9-12(14)8-10/h7-9,14H,2-6H2,1H3,(H,15,16). The zero-order valence-electron chi connectivity index (χ0n) is 9.57. The van der Waals surface area contributed by atoms with Gasteiger partial charge in [0.2, 0.25) is 0 Å². The maximum atomic E-state index is 10.8. The zero-order chi connectivity index (χ0) is 12.0. The molecule has 1 aromatic carbocycles. The predicted octanol–water partition coefficient (Wildman–Crippen LogP) is 3.21. The molecular formula is C13H18O3. The summed E-state index contributed by atoms with van der Waals surface area (Å²) in [6.45, 7) is 2.15. The van der Waals surface area contributed by atoms with Crippen molar-refractivity contribution in [3.05, 3.63) is 29.3 Å². The van der Waals surface area contributed by atoms with E-state index >= 15 is 0 Å². The lowest BCUT2D eigenvalue weighted by molar-refractivity contribution is 0.0696. The molecule has 0 saturated heterocycles. The molecule has 0 spiro atoms. The van der Waals surface area contributed by atoms with E-state index in [1.807, 2.05) is 0 Å². The molecule has 0 aliphatic rings. The summed E-state index contributed by atoms with van der Waals surface area (Å²) < 4.78 is 0. The lowest BCUT2D eigenvalue weighted by Gasteiger charge is -2.04. The van der Waals surface area contributed by atoms with Gasteiger partial charge >= 0.3 is 5.97 Å². The van der Waals surface area contributed by atoms with Crippen molar-refractivity contribution in [3.8, 4) is 5.75 Å². The first-order valence-electron chi connectivity index (χ1n) is 5.69. The normalized spacial score (nSPS) is 10.3. The molecule has 0 bridgehead atoms. The molecule has 1 aromatic rings. The van der Waals surface area contributed by atoms with E-state index in [1.54, 1.807) is 12.1 Å². The smallest absolute Gasteiger partial charge is 0.335 e. The average Bonchev–Trinajstić information content (AvgIpc) is 2.23. The summed E-state index contributed by atoms with van der Waals surface area (Å²) in [5.41, 5.74) is 1.05. The van der Waals surface area contributed by atoms with Crippen LogP contribution < -0.4 is 0 Å². The number of aryl methyl sites for hydroxylation is 1. The monoisotopic (exact) mass is 222 g/mol. The van der Waals surface area contributed by atoms with Gasteiger partial charge in [0.25, 0.3) is 0 Å². The van der Waals surface area contributed by atoms with E-state index in [-0.39, 0.29) is 11.3 Å². The van der Waals surface area contributed by atoms with Gasteiger partial charge in [-0.3, -0.25) is 0 Å². The van der Waals surface area contributed by atoms with Crippen molar-refractivity contribution < 1.29 is 15.0 Å². The zero-order valence-corrected chi connectivity index (χ0v) is 9.57. The van der Waals surface area contributed by atoms with Crippen molar-refractivity contribution in [2.75, 3.05) is 0 Å². The summed E-state index contributed by atoms with van der Waals surface area (Å²) in [4.78, 5) is 10.8. The minimum Gasteiger partial charge on any atom is -0.508 e. The third-order valence-corrected chi connectivity index (χ3v) is 2.54. The largest absolute Gasteiger partial charge is 0.508 e. The molecule has 0 aliphatic carbocycles. The fraction of sp³-hybridized carbons (Fsp3) is 0.462. The van der Waals surface area contributed by atoms with Crippen molar-refractivity contribution in [2.45, 2.75) is 39.0 Å². The van der Waals surface area contributed by atoms with Crippen molar-refractivity contribution in [2.24, 2.45) is 0 Å². The van der Waals surface area contributed by atoms with Crippen molar-refractivity contribution >= 4 is 5.97 Å². The lowest BCUT2D eigenvalue weighted by Crippen LogP contribution is -1.97. The van der Waals surface area contributed by atoms with E-state index in [9.17, 15) is 9.90 Å². The Morgan fingerprint density at radius 3 is 2.56 bits per heavy atom. The molecule has 0 atom stereocenters. The van der Waals surface area contributed by atoms with Gasteiger partial charge in [-0.05, 0) is 36.6 Å². The third-order valence-electron chi connectivity index (χ3n) is 2.54. The van der Waals surface area contributed by atoms with Gasteiger partial charge < -0.3 is 10.2 Å². The molecule has 0 radical (unpaired) electrons. The quantitative estimate of drug-likeness (QED) is 0.726. The number of carboxylic acids is 1. The molecule has 0 saturated carbocycles. The molecule has 3 heteroatoms. The van der Waals surface area contributed by atoms with Crippen molar-refractivity contribution in [1.29, 1.82) is 0 Å². The number of aromatic hydroxyl groups is 1. The van der Waals surface area contributed by atoms with Crippen LogP contribution >= 0.6 is 0 Å². The minimum atomic E-state index is -0.995. The van der Waals surface area contributed by atoms with Crippen molar-refractivity contribution in [3.63, 3.8) is 0 Å².